The number of rotatable bonds is 6. The molecule has 0 bridgehead atoms. The van der Waals surface area contributed by atoms with Crippen LogP contribution in [0.4, 0.5) is 0 Å². The molecule has 0 unspecified atom stereocenters. The summed E-state index contributed by atoms with van der Waals surface area (Å²) in [4.78, 5) is 2.34. The number of piperazine rings is 1. The molecule has 0 aromatic heterocycles. The molecule has 1 fully saturated rings. The summed E-state index contributed by atoms with van der Waals surface area (Å²) < 4.78 is 0. The Hall–Kier alpha value is -1.26. The van der Waals surface area contributed by atoms with Gasteiger partial charge in [0.25, 0.3) is 0 Å². The first kappa shape index (κ1) is 17.8. The lowest BCUT2D eigenvalue weighted by Gasteiger charge is -2.34. The third-order valence-electron chi connectivity index (χ3n) is 3.47. The second kappa shape index (κ2) is 8.25. The summed E-state index contributed by atoms with van der Waals surface area (Å²) in [5.41, 5.74) is 9.91. The second-order valence-electron chi connectivity index (χ2n) is 6.12. The molecule has 6 nitrogen and oxygen atoms in total. The van der Waals surface area contributed by atoms with Crippen LogP contribution in [0, 0.1) is 17.3 Å². The minimum absolute atomic E-state index is 0.140. The van der Waals surface area contributed by atoms with Gasteiger partial charge >= 0.3 is 0 Å². The Balaban J connectivity index is 2.43. The molecule has 1 aliphatic heterocycles. The Morgan fingerprint density at radius 2 is 1.95 bits per heavy atom. The van der Waals surface area contributed by atoms with Crippen molar-refractivity contribution < 1.29 is 0 Å². The summed E-state index contributed by atoms with van der Waals surface area (Å²) in [6.07, 6.45) is 1.82. The van der Waals surface area contributed by atoms with E-state index in [0.717, 1.165) is 38.4 Å². The fourth-order valence-electron chi connectivity index (χ4n) is 2.52. The fourth-order valence-corrected chi connectivity index (χ4v) is 2.52. The van der Waals surface area contributed by atoms with Crippen LogP contribution in [-0.2, 0) is 0 Å². The van der Waals surface area contributed by atoms with E-state index in [1.807, 2.05) is 20.2 Å². The predicted octanol–water partition coefficient (Wildman–Crippen LogP) is -0.236. The van der Waals surface area contributed by atoms with Gasteiger partial charge in [0.2, 0.25) is 0 Å². The summed E-state index contributed by atoms with van der Waals surface area (Å²) in [6, 6.07) is 0. The van der Waals surface area contributed by atoms with Crippen LogP contribution in [0.5, 0.6) is 0 Å². The van der Waals surface area contributed by atoms with Crippen LogP contribution in [0.2, 0.25) is 0 Å². The molecule has 120 valence electrons. The van der Waals surface area contributed by atoms with Crippen LogP contribution >= 0.6 is 0 Å². The van der Waals surface area contributed by atoms with Gasteiger partial charge in [0.05, 0.1) is 0 Å². The number of hydrogen-bond acceptors (Lipinski definition) is 6. The van der Waals surface area contributed by atoms with Crippen molar-refractivity contribution in [1.82, 2.24) is 20.3 Å². The maximum Gasteiger partial charge on any atom is 0.0496 e. The minimum atomic E-state index is -0.140. The highest BCUT2D eigenvalue weighted by Crippen LogP contribution is 2.14. The van der Waals surface area contributed by atoms with Crippen LogP contribution < -0.4 is 17.0 Å². The number of hydrogen-bond donors (Lipinski definition) is 3. The lowest BCUT2D eigenvalue weighted by Crippen LogP contribution is -2.51. The fraction of sp³-hybridized carbons (Fsp3) is 0.733. The monoisotopic (exact) mass is 294 g/mol. The molecule has 0 spiro atoms. The largest absolute Gasteiger partial charge is 0.400 e. The van der Waals surface area contributed by atoms with Gasteiger partial charge in [-0.1, -0.05) is 5.92 Å². The molecule has 0 aromatic rings. The van der Waals surface area contributed by atoms with Gasteiger partial charge in [-0.2, -0.15) is 0 Å². The van der Waals surface area contributed by atoms with Gasteiger partial charge in [-0.3, -0.25) is 10.3 Å². The lowest BCUT2D eigenvalue weighted by atomic mass is 9.94. The number of nitrogens with two attached hydrogens (primary N) is 2. The normalized spacial score (nSPS) is 18.2. The van der Waals surface area contributed by atoms with Crippen molar-refractivity contribution in [3.8, 4) is 11.8 Å². The smallest absolute Gasteiger partial charge is 0.0496 e. The highest BCUT2D eigenvalue weighted by molar-refractivity contribution is 5.09. The average molecular weight is 294 g/mol. The molecule has 0 atom stereocenters. The van der Waals surface area contributed by atoms with Crippen molar-refractivity contribution in [3.63, 3.8) is 0 Å². The van der Waals surface area contributed by atoms with E-state index in [-0.39, 0.29) is 5.41 Å². The highest BCUT2D eigenvalue weighted by atomic mass is 15.5. The van der Waals surface area contributed by atoms with E-state index >= 15 is 0 Å². The molecule has 0 saturated carbocycles. The summed E-state index contributed by atoms with van der Waals surface area (Å²) in [5, 5.41) is 3.85. The first-order valence-electron chi connectivity index (χ1n) is 7.42. The number of nitrogens with zero attached hydrogens (tertiary/aromatic N) is 3. The summed E-state index contributed by atoms with van der Waals surface area (Å²) in [7, 11) is 1.96. The van der Waals surface area contributed by atoms with Crippen LogP contribution in [0.25, 0.3) is 0 Å². The molecule has 1 aliphatic rings. The van der Waals surface area contributed by atoms with Crippen LogP contribution in [0.1, 0.15) is 20.8 Å². The molecule has 6 heteroatoms. The molecule has 0 aliphatic carbocycles. The standard InChI is InChI=1S/C15H30N6/c1-5-6-15(2,3)13-20(17)12-14(16)11-19-7-9-21(18-4)10-8-19/h12,18H,7-11,13,16-17H2,1-4H3/b14-12-. The van der Waals surface area contributed by atoms with Crippen molar-refractivity contribution in [3.05, 3.63) is 11.9 Å². The second-order valence-corrected chi connectivity index (χ2v) is 6.12. The molecule has 0 amide bonds. The first-order valence-corrected chi connectivity index (χ1v) is 7.42. The summed E-state index contributed by atoms with van der Waals surface area (Å²) in [5.74, 6) is 12.1. The van der Waals surface area contributed by atoms with E-state index in [1.54, 1.807) is 5.01 Å². The van der Waals surface area contributed by atoms with E-state index in [1.165, 1.54) is 0 Å². The van der Waals surface area contributed by atoms with Crippen molar-refractivity contribution in [1.29, 1.82) is 0 Å². The van der Waals surface area contributed by atoms with Crippen molar-refractivity contribution >= 4 is 0 Å². The van der Waals surface area contributed by atoms with Crippen molar-refractivity contribution in [2.45, 2.75) is 20.8 Å². The quantitative estimate of drug-likeness (QED) is 0.357. The Kier molecular flexibility index (Phi) is 6.99. The Morgan fingerprint density at radius 3 is 2.48 bits per heavy atom. The van der Waals surface area contributed by atoms with E-state index in [4.69, 9.17) is 11.6 Å². The van der Waals surface area contributed by atoms with E-state index < -0.39 is 0 Å². The summed E-state index contributed by atoms with van der Waals surface area (Å²) >= 11 is 0. The third-order valence-corrected chi connectivity index (χ3v) is 3.47. The molecule has 0 radical (unpaired) electrons. The summed E-state index contributed by atoms with van der Waals surface area (Å²) in [6.45, 7) is 11.4. The third kappa shape index (κ3) is 6.82. The minimum Gasteiger partial charge on any atom is -0.400 e. The molecule has 5 N–H and O–H groups in total. The maximum absolute atomic E-state index is 6.10. The highest BCUT2D eigenvalue weighted by Gasteiger charge is 2.18. The zero-order valence-corrected chi connectivity index (χ0v) is 13.8. The molecule has 21 heavy (non-hydrogen) atoms. The number of hydrazine groups is 2. The van der Waals surface area contributed by atoms with Crippen molar-refractivity contribution in [2.75, 3.05) is 46.3 Å². The van der Waals surface area contributed by atoms with Crippen LogP contribution in [0.3, 0.4) is 0 Å². The molecule has 0 aromatic carbocycles. The van der Waals surface area contributed by atoms with E-state index in [0.29, 0.717) is 6.54 Å². The SMILES string of the molecule is CC#CC(C)(C)CN(N)/C=C(\N)CN1CCN(NC)CC1. The van der Waals surface area contributed by atoms with Gasteiger partial charge in [0.1, 0.15) is 0 Å². The molecule has 1 rings (SSSR count). The Labute approximate surface area is 129 Å². The van der Waals surface area contributed by atoms with Gasteiger partial charge in [0.15, 0.2) is 0 Å². The van der Waals surface area contributed by atoms with Crippen molar-refractivity contribution in [2.24, 2.45) is 17.0 Å². The molecule has 1 heterocycles. The zero-order chi connectivity index (χ0) is 15.9. The van der Waals surface area contributed by atoms with Gasteiger partial charge in [0, 0.05) is 56.6 Å². The molecule has 1 saturated heterocycles. The van der Waals surface area contributed by atoms with E-state index in [2.05, 4.69) is 41.0 Å². The Bertz CT molecular complexity index is 398. The first-order chi connectivity index (χ1) is 9.86. The van der Waals surface area contributed by atoms with E-state index in [9.17, 15) is 0 Å². The molecular formula is C15H30N6. The van der Waals surface area contributed by atoms with Crippen LogP contribution in [-0.4, -0.2) is 61.2 Å². The van der Waals surface area contributed by atoms with Gasteiger partial charge in [-0.25, -0.2) is 10.9 Å². The number of nitrogens with one attached hydrogen (secondary N) is 1. The lowest BCUT2D eigenvalue weighted by molar-refractivity contribution is 0.104. The maximum atomic E-state index is 6.10. The Morgan fingerprint density at radius 1 is 1.33 bits per heavy atom. The van der Waals surface area contributed by atoms with Gasteiger partial charge in [-0.05, 0) is 27.8 Å². The van der Waals surface area contributed by atoms with Crippen LogP contribution in [0.15, 0.2) is 11.9 Å². The average Bonchev–Trinajstić information content (AvgIpc) is 2.38. The topological polar surface area (TPSA) is 73.8 Å². The molecular weight excluding hydrogens is 264 g/mol. The predicted molar refractivity (Wildman–Crippen MR) is 87.5 cm³/mol. The van der Waals surface area contributed by atoms with Gasteiger partial charge in [-0.15, -0.1) is 5.92 Å². The zero-order valence-electron chi connectivity index (χ0n) is 13.8. The van der Waals surface area contributed by atoms with Gasteiger partial charge < -0.3 is 10.7 Å².